The van der Waals surface area contributed by atoms with Crippen LogP contribution < -0.4 is 16.4 Å². The molecule has 0 saturated carbocycles. The average Bonchev–Trinajstić information content (AvgIpc) is 2.15. The molecule has 1 unspecified atom stereocenters. The Kier molecular flexibility index (Phi) is 12.2. The molecule has 0 radical (unpaired) electrons. The van der Waals surface area contributed by atoms with E-state index in [-0.39, 0.29) is 30.3 Å². The minimum atomic E-state index is -0.0458. The molecule has 0 heterocycles. The highest BCUT2D eigenvalue weighted by Gasteiger charge is 2.05. The molecule has 1 atom stereocenters. The Morgan fingerprint density at radius 3 is 2.11 bits per heavy atom. The highest BCUT2D eigenvalue weighted by molar-refractivity contribution is 5.85. The molecule has 0 aliphatic carbocycles. The summed E-state index contributed by atoms with van der Waals surface area (Å²) >= 11 is 0. The van der Waals surface area contributed by atoms with E-state index in [0.29, 0.717) is 31.8 Å². The van der Waals surface area contributed by atoms with Gasteiger partial charge in [0, 0.05) is 32.0 Å². The van der Waals surface area contributed by atoms with Gasteiger partial charge in [0.25, 0.3) is 0 Å². The summed E-state index contributed by atoms with van der Waals surface area (Å²) in [5.41, 5.74) is 5.56. The standard InChI is InChI=1S/C12H25N3O2.ClH/c1-9(2)8-12(17)15-7-5-11(16)14-6-4-10(3)13;/h9-10H,4-8,13H2,1-3H3,(H,14,16)(H,15,17);1H. The Bertz CT molecular complexity index is 245. The highest BCUT2D eigenvalue weighted by Crippen LogP contribution is 1.97. The maximum absolute atomic E-state index is 11.3. The lowest BCUT2D eigenvalue weighted by molar-refractivity contribution is -0.122. The minimum Gasteiger partial charge on any atom is -0.356 e. The van der Waals surface area contributed by atoms with Crippen molar-refractivity contribution in [2.24, 2.45) is 11.7 Å². The van der Waals surface area contributed by atoms with Crippen LogP contribution in [-0.2, 0) is 9.59 Å². The molecular weight excluding hydrogens is 254 g/mol. The number of rotatable bonds is 8. The smallest absolute Gasteiger partial charge is 0.221 e. The zero-order chi connectivity index (χ0) is 13.3. The van der Waals surface area contributed by atoms with Crippen LogP contribution in [0.3, 0.4) is 0 Å². The molecule has 6 heteroatoms. The van der Waals surface area contributed by atoms with Gasteiger partial charge in [-0.2, -0.15) is 0 Å². The highest BCUT2D eigenvalue weighted by atomic mass is 35.5. The van der Waals surface area contributed by atoms with Crippen molar-refractivity contribution < 1.29 is 9.59 Å². The molecule has 2 amide bonds. The van der Waals surface area contributed by atoms with Gasteiger partial charge in [-0.15, -0.1) is 12.4 Å². The molecule has 5 nitrogen and oxygen atoms in total. The van der Waals surface area contributed by atoms with E-state index in [9.17, 15) is 9.59 Å². The minimum absolute atomic E-state index is 0. The van der Waals surface area contributed by atoms with Crippen LogP contribution >= 0.6 is 12.4 Å². The van der Waals surface area contributed by atoms with E-state index in [1.165, 1.54) is 0 Å². The van der Waals surface area contributed by atoms with Crippen LogP contribution in [0.4, 0.5) is 0 Å². The van der Waals surface area contributed by atoms with Crippen molar-refractivity contribution in [1.82, 2.24) is 10.6 Å². The molecular formula is C12H26ClN3O2. The number of carbonyl (C=O) groups is 2. The summed E-state index contributed by atoms with van der Waals surface area (Å²) in [7, 11) is 0. The van der Waals surface area contributed by atoms with Gasteiger partial charge in [-0.1, -0.05) is 13.8 Å². The van der Waals surface area contributed by atoms with Crippen LogP contribution in [0.5, 0.6) is 0 Å². The predicted molar refractivity (Wildman–Crippen MR) is 75.6 cm³/mol. The third-order valence-corrected chi connectivity index (χ3v) is 2.19. The first-order chi connectivity index (χ1) is 7.91. The Morgan fingerprint density at radius 2 is 1.61 bits per heavy atom. The van der Waals surface area contributed by atoms with Crippen molar-refractivity contribution in [1.29, 1.82) is 0 Å². The molecule has 108 valence electrons. The lowest BCUT2D eigenvalue weighted by Gasteiger charge is -2.08. The Morgan fingerprint density at radius 1 is 1.06 bits per heavy atom. The fourth-order valence-electron chi connectivity index (χ4n) is 1.29. The summed E-state index contributed by atoms with van der Waals surface area (Å²) < 4.78 is 0. The maximum Gasteiger partial charge on any atom is 0.221 e. The van der Waals surface area contributed by atoms with Crippen LogP contribution in [0.25, 0.3) is 0 Å². The first kappa shape index (κ1) is 19.5. The van der Waals surface area contributed by atoms with E-state index < -0.39 is 0 Å². The monoisotopic (exact) mass is 279 g/mol. The summed E-state index contributed by atoms with van der Waals surface area (Å²) in [4.78, 5) is 22.6. The largest absolute Gasteiger partial charge is 0.356 e. The maximum atomic E-state index is 11.3. The zero-order valence-electron chi connectivity index (χ0n) is 11.5. The van der Waals surface area contributed by atoms with Gasteiger partial charge >= 0.3 is 0 Å². The molecule has 0 aliphatic heterocycles. The Hall–Kier alpha value is -0.810. The molecule has 0 aromatic rings. The molecule has 0 fully saturated rings. The Balaban J connectivity index is 0. The molecule has 0 saturated heterocycles. The molecule has 18 heavy (non-hydrogen) atoms. The van der Waals surface area contributed by atoms with E-state index in [1.54, 1.807) is 0 Å². The molecule has 0 aliphatic rings. The van der Waals surface area contributed by atoms with Gasteiger partial charge in [-0.05, 0) is 19.3 Å². The van der Waals surface area contributed by atoms with Crippen LogP contribution in [0.1, 0.15) is 40.0 Å². The third-order valence-electron chi connectivity index (χ3n) is 2.19. The molecule has 0 rings (SSSR count). The van der Waals surface area contributed by atoms with Gasteiger partial charge in [0.15, 0.2) is 0 Å². The molecule has 0 spiro atoms. The number of nitrogens with one attached hydrogen (secondary N) is 2. The van der Waals surface area contributed by atoms with Crippen molar-refractivity contribution >= 4 is 24.2 Å². The number of amides is 2. The number of carbonyl (C=O) groups excluding carboxylic acids is 2. The summed E-state index contributed by atoms with van der Waals surface area (Å²) in [6.07, 6.45) is 1.60. The van der Waals surface area contributed by atoms with Crippen molar-refractivity contribution in [3.63, 3.8) is 0 Å². The van der Waals surface area contributed by atoms with Crippen LogP contribution in [0.15, 0.2) is 0 Å². The predicted octanol–water partition coefficient (Wildman–Crippen LogP) is 0.814. The van der Waals surface area contributed by atoms with E-state index >= 15 is 0 Å². The van der Waals surface area contributed by atoms with Gasteiger partial charge < -0.3 is 16.4 Å². The zero-order valence-corrected chi connectivity index (χ0v) is 12.3. The quantitative estimate of drug-likeness (QED) is 0.615. The van der Waals surface area contributed by atoms with Crippen molar-refractivity contribution in [3.05, 3.63) is 0 Å². The fraction of sp³-hybridized carbons (Fsp3) is 0.833. The van der Waals surface area contributed by atoms with Gasteiger partial charge in [0.05, 0.1) is 0 Å². The van der Waals surface area contributed by atoms with Crippen LogP contribution in [0, 0.1) is 5.92 Å². The molecule has 0 aromatic carbocycles. The van der Waals surface area contributed by atoms with Crippen molar-refractivity contribution in [3.8, 4) is 0 Å². The van der Waals surface area contributed by atoms with Gasteiger partial charge in [-0.3, -0.25) is 9.59 Å². The van der Waals surface area contributed by atoms with Crippen molar-refractivity contribution in [2.75, 3.05) is 13.1 Å². The lowest BCUT2D eigenvalue weighted by atomic mass is 10.1. The van der Waals surface area contributed by atoms with Gasteiger partial charge in [0.2, 0.25) is 11.8 Å². The summed E-state index contributed by atoms with van der Waals surface area (Å²) in [6.45, 7) is 6.87. The summed E-state index contributed by atoms with van der Waals surface area (Å²) in [6, 6.07) is 0.0982. The first-order valence-corrected chi connectivity index (χ1v) is 6.20. The van der Waals surface area contributed by atoms with E-state index in [2.05, 4.69) is 10.6 Å². The summed E-state index contributed by atoms with van der Waals surface area (Å²) in [5.74, 6) is 0.300. The Labute approximate surface area is 116 Å². The second-order valence-electron chi connectivity index (χ2n) is 4.81. The van der Waals surface area contributed by atoms with E-state index in [1.807, 2.05) is 20.8 Å². The van der Waals surface area contributed by atoms with Crippen LogP contribution in [-0.4, -0.2) is 30.9 Å². The normalized spacial score (nSPS) is 11.6. The SMILES string of the molecule is CC(C)CC(=O)NCCC(=O)NCCC(C)N.Cl. The number of halogens is 1. The second kappa shape index (κ2) is 11.3. The molecule has 4 N–H and O–H groups in total. The van der Waals surface area contributed by atoms with E-state index in [4.69, 9.17) is 5.73 Å². The fourth-order valence-corrected chi connectivity index (χ4v) is 1.29. The number of nitrogens with two attached hydrogens (primary N) is 1. The number of hydrogen-bond acceptors (Lipinski definition) is 3. The third kappa shape index (κ3) is 13.3. The topological polar surface area (TPSA) is 84.2 Å². The van der Waals surface area contributed by atoms with Gasteiger partial charge in [-0.25, -0.2) is 0 Å². The molecule has 0 bridgehead atoms. The first-order valence-electron chi connectivity index (χ1n) is 6.20. The van der Waals surface area contributed by atoms with Crippen LogP contribution in [0.2, 0.25) is 0 Å². The second-order valence-corrected chi connectivity index (χ2v) is 4.81. The summed E-state index contributed by atoms with van der Waals surface area (Å²) in [5, 5.41) is 5.48. The van der Waals surface area contributed by atoms with E-state index in [0.717, 1.165) is 6.42 Å². The number of hydrogen-bond donors (Lipinski definition) is 3. The molecule has 0 aromatic heterocycles. The van der Waals surface area contributed by atoms with Gasteiger partial charge in [0.1, 0.15) is 0 Å². The average molecular weight is 280 g/mol. The lowest BCUT2D eigenvalue weighted by Crippen LogP contribution is -2.33. The van der Waals surface area contributed by atoms with Crippen molar-refractivity contribution in [2.45, 2.75) is 46.1 Å².